The SMILES string of the molecule is CCOC(=O)[C@@H]1CCCC[C@@H]1NS(=O)(=O)c1ccc2c(Cl)cnc(N=C(N)N)c2c1. The number of fused-ring (bicyclic) bond motifs is 1. The monoisotopic (exact) mass is 453 g/mol. The molecule has 0 radical (unpaired) electrons. The number of nitrogens with zero attached hydrogens (tertiary/aromatic N) is 2. The summed E-state index contributed by atoms with van der Waals surface area (Å²) >= 11 is 6.18. The highest BCUT2D eigenvalue weighted by atomic mass is 35.5. The van der Waals surface area contributed by atoms with E-state index in [0.29, 0.717) is 28.6 Å². The molecule has 11 heteroatoms. The first-order valence-electron chi connectivity index (χ1n) is 9.59. The van der Waals surface area contributed by atoms with E-state index in [1.165, 1.54) is 18.3 Å². The van der Waals surface area contributed by atoms with Crippen molar-refractivity contribution in [2.24, 2.45) is 22.4 Å². The third-order valence-electron chi connectivity index (χ3n) is 5.00. The van der Waals surface area contributed by atoms with E-state index < -0.39 is 22.0 Å². The zero-order chi connectivity index (χ0) is 21.9. The van der Waals surface area contributed by atoms with Crippen LogP contribution in [0.2, 0.25) is 5.02 Å². The van der Waals surface area contributed by atoms with Crippen LogP contribution in [0.3, 0.4) is 0 Å². The number of aromatic nitrogens is 1. The van der Waals surface area contributed by atoms with E-state index in [4.69, 9.17) is 27.8 Å². The van der Waals surface area contributed by atoms with Gasteiger partial charge in [-0.05, 0) is 31.9 Å². The molecule has 1 aliphatic carbocycles. The van der Waals surface area contributed by atoms with Gasteiger partial charge in [-0.25, -0.2) is 18.1 Å². The number of guanidine groups is 1. The van der Waals surface area contributed by atoms with Crippen molar-refractivity contribution in [2.75, 3.05) is 6.61 Å². The molecular formula is C19H24ClN5O4S. The van der Waals surface area contributed by atoms with Gasteiger partial charge in [0.25, 0.3) is 0 Å². The van der Waals surface area contributed by atoms with Crippen molar-refractivity contribution in [3.63, 3.8) is 0 Å². The summed E-state index contributed by atoms with van der Waals surface area (Å²) in [5.74, 6) is -0.942. The van der Waals surface area contributed by atoms with E-state index in [9.17, 15) is 13.2 Å². The van der Waals surface area contributed by atoms with E-state index >= 15 is 0 Å². The number of pyridine rings is 1. The second kappa shape index (κ2) is 9.15. The van der Waals surface area contributed by atoms with Crippen molar-refractivity contribution in [3.05, 3.63) is 29.4 Å². The molecule has 2 aromatic rings. The molecule has 0 bridgehead atoms. The Hall–Kier alpha value is -2.43. The number of halogens is 1. The van der Waals surface area contributed by atoms with Gasteiger partial charge in [0.1, 0.15) is 0 Å². The Morgan fingerprint density at radius 3 is 2.73 bits per heavy atom. The van der Waals surface area contributed by atoms with Crippen LogP contribution in [-0.2, 0) is 19.6 Å². The van der Waals surface area contributed by atoms with Crippen LogP contribution in [0.15, 0.2) is 34.3 Å². The van der Waals surface area contributed by atoms with Crippen molar-refractivity contribution in [2.45, 2.75) is 43.5 Å². The maximum Gasteiger partial charge on any atom is 0.310 e. The Morgan fingerprint density at radius 2 is 2.03 bits per heavy atom. The molecule has 5 N–H and O–H groups in total. The van der Waals surface area contributed by atoms with Crippen LogP contribution in [0.25, 0.3) is 10.8 Å². The highest BCUT2D eigenvalue weighted by Crippen LogP contribution is 2.32. The topological polar surface area (TPSA) is 150 Å². The van der Waals surface area contributed by atoms with Crippen LogP contribution in [0, 0.1) is 5.92 Å². The molecule has 1 aliphatic rings. The maximum absolute atomic E-state index is 13.1. The fraction of sp³-hybridized carbons (Fsp3) is 0.421. The van der Waals surface area contributed by atoms with Gasteiger partial charge in [0, 0.05) is 23.0 Å². The van der Waals surface area contributed by atoms with Crippen molar-refractivity contribution in [3.8, 4) is 0 Å². The lowest BCUT2D eigenvalue weighted by molar-refractivity contribution is -0.149. The molecule has 1 aromatic carbocycles. The third-order valence-corrected chi connectivity index (χ3v) is 6.79. The van der Waals surface area contributed by atoms with E-state index in [-0.39, 0.29) is 29.2 Å². The van der Waals surface area contributed by atoms with Crippen molar-refractivity contribution in [1.82, 2.24) is 9.71 Å². The van der Waals surface area contributed by atoms with Gasteiger partial charge in [0.2, 0.25) is 10.0 Å². The maximum atomic E-state index is 13.1. The van der Waals surface area contributed by atoms with Gasteiger partial charge in [-0.1, -0.05) is 30.5 Å². The van der Waals surface area contributed by atoms with E-state index in [1.54, 1.807) is 13.0 Å². The first-order chi connectivity index (χ1) is 14.2. The van der Waals surface area contributed by atoms with Gasteiger partial charge in [0.15, 0.2) is 11.8 Å². The van der Waals surface area contributed by atoms with Gasteiger partial charge in [-0.3, -0.25) is 4.79 Å². The average molecular weight is 454 g/mol. The van der Waals surface area contributed by atoms with E-state index in [0.717, 1.165) is 12.8 Å². The van der Waals surface area contributed by atoms with E-state index in [1.807, 2.05) is 0 Å². The number of carbonyl (C=O) groups excluding carboxylic acids is 1. The second-order valence-corrected chi connectivity index (χ2v) is 9.17. The number of benzene rings is 1. The van der Waals surface area contributed by atoms with Gasteiger partial charge in [-0.2, -0.15) is 4.99 Å². The van der Waals surface area contributed by atoms with Crippen LogP contribution in [0.1, 0.15) is 32.6 Å². The molecule has 0 aliphatic heterocycles. The molecule has 9 nitrogen and oxygen atoms in total. The predicted molar refractivity (Wildman–Crippen MR) is 115 cm³/mol. The number of rotatable bonds is 6. The third kappa shape index (κ3) is 4.82. The molecule has 0 spiro atoms. The van der Waals surface area contributed by atoms with Gasteiger partial charge in [-0.15, -0.1) is 0 Å². The summed E-state index contributed by atoms with van der Waals surface area (Å²) in [6.07, 6.45) is 4.21. The Balaban J connectivity index is 1.97. The van der Waals surface area contributed by atoms with Crippen LogP contribution in [-0.4, -0.2) is 38.0 Å². The van der Waals surface area contributed by atoms with Crippen molar-refractivity contribution < 1.29 is 17.9 Å². The quantitative estimate of drug-likeness (QED) is 0.344. The lowest BCUT2D eigenvalue weighted by atomic mass is 9.85. The molecule has 1 heterocycles. The Kier molecular flexibility index (Phi) is 6.79. The highest BCUT2D eigenvalue weighted by molar-refractivity contribution is 7.89. The minimum absolute atomic E-state index is 0.000656. The average Bonchev–Trinajstić information content (AvgIpc) is 2.70. The normalized spacial score (nSPS) is 19.4. The summed E-state index contributed by atoms with van der Waals surface area (Å²) in [5.41, 5.74) is 10.9. The molecule has 1 saturated carbocycles. The lowest BCUT2D eigenvalue weighted by Crippen LogP contribution is -2.45. The molecular weight excluding hydrogens is 430 g/mol. The largest absolute Gasteiger partial charge is 0.466 e. The molecule has 30 heavy (non-hydrogen) atoms. The van der Waals surface area contributed by atoms with Crippen LogP contribution < -0.4 is 16.2 Å². The Bertz CT molecular complexity index is 1090. The van der Waals surface area contributed by atoms with Crippen molar-refractivity contribution >= 4 is 50.1 Å². The molecule has 1 aromatic heterocycles. The van der Waals surface area contributed by atoms with Crippen LogP contribution >= 0.6 is 11.6 Å². The molecule has 2 atom stereocenters. The number of esters is 1. The molecule has 162 valence electrons. The summed E-state index contributed by atoms with van der Waals surface area (Å²) in [7, 11) is -3.93. The fourth-order valence-corrected chi connectivity index (χ4v) is 5.17. The van der Waals surface area contributed by atoms with Crippen LogP contribution in [0.5, 0.6) is 0 Å². The standard InChI is InChI=1S/C19H24ClN5O4S/c1-2-29-18(26)13-5-3-4-6-16(13)25-30(27,28)11-7-8-12-14(9-11)17(24-19(21)22)23-10-15(12)20/h7-10,13,16,25H,2-6H2,1H3,(H4,21,22,23,24)/t13-,16+/m1/s1. The molecule has 0 saturated heterocycles. The van der Waals surface area contributed by atoms with Gasteiger partial charge in [0.05, 0.1) is 22.4 Å². The zero-order valence-electron chi connectivity index (χ0n) is 16.5. The number of carbonyl (C=O) groups is 1. The fourth-order valence-electron chi connectivity index (χ4n) is 3.62. The van der Waals surface area contributed by atoms with Gasteiger partial charge >= 0.3 is 5.97 Å². The minimum atomic E-state index is -3.93. The summed E-state index contributed by atoms with van der Waals surface area (Å²) in [4.78, 5) is 20.3. The summed E-state index contributed by atoms with van der Waals surface area (Å²) < 4.78 is 34.0. The Morgan fingerprint density at radius 1 is 1.30 bits per heavy atom. The number of hydrogen-bond donors (Lipinski definition) is 3. The molecule has 3 rings (SSSR count). The number of nitrogens with one attached hydrogen (secondary N) is 1. The smallest absolute Gasteiger partial charge is 0.310 e. The molecule has 0 amide bonds. The zero-order valence-corrected chi connectivity index (χ0v) is 18.0. The second-order valence-electron chi connectivity index (χ2n) is 7.04. The summed E-state index contributed by atoms with van der Waals surface area (Å²) in [6.45, 7) is 1.98. The number of nitrogens with two attached hydrogens (primary N) is 2. The molecule has 0 unspecified atom stereocenters. The number of sulfonamides is 1. The van der Waals surface area contributed by atoms with Crippen molar-refractivity contribution in [1.29, 1.82) is 0 Å². The lowest BCUT2D eigenvalue weighted by Gasteiger charge is -2.30. The van der Waals surface area contributed by atoms with E-state index in [2.05, 4.69) is 14.7 Å². The minimum Gasteiger partial charge on any atom is -0.466 e. The van der Waals surface area contributed by atoms with Gasteiger partial charge < -0.3 is 16.2 Å². The molecule has 1 fully saturated rings. The highest BCUT2D eigenvalue weighted by Gasteiger charge is 2.35. The van der Waals surface area contributed by atoms with Crippen LogP contribution in [0.4, 0.5) is 5.82 Å². The number of hydrogen-bond acceptors (Lipinski definition) is 6. The summed E-state index contributed by atoms with van der Waals surface area (Å²) in [6, 6.07) is 3.90. The number of ether oxygens (including phenoxy) is 1. The first-order valence-corrected chi connectivity index (χ1v) is 11.5. The summed E-state index contributed by atoms with van der Waals surface area (Å²) in [5, 5.41) is 1.29. The predicted octanol–water partition coefficient (Wildman–Crippen LogP) is 2.19. The Labute approximate surface area is 179 Å². The number of aliphatic imine (C=N–C) groups is 1. The first kappa shape index (κ1) is 22.3.